The van der Waals surface area contributed by atoms with Crippen LogP contribution in [0.15, 0.2) is 0 Å². The molecular formula is C20H32O3. The van der Waals surface area contributed by atoms with Gasteiger partial charge in [-0.05, 0) is 81.0 Å². The van der Waals surface area contributed by atoms with Gasteiger partial charge in [-0.2, -0.15) is 0 Å². The number of ketones is 1. The lowest BCUT2D eigenvalue weighted by Gasteiger charge is -2.53. The second-order valence-corrected chi connectivity index (χ2v) is 8.95. The summed E-state index contributed by atoms with van der Waals surface area (Å²) < 4.78 is 10.9. The van der Waals surface area contributed by atoms with Crippen LogP contribution in [0, 0.1) is 35.0 Å². The molecule has 0 radical (unpaired) electrons. The van der Waals surface area contributed by atoms with Crippen LogP contribution in [0.25, 0.3) is 0 Å². The molecule has 0 aromatic heterocycles. The van der Waals surface area contributed by atoms with E-state index in [0.29, 0.717) is 24.6 Å². The third-order valence-corrected chi connectivity index (χ3v) is 7.98. The van der Waals surface area contributed by atoms with Crippen molar-refractivity contribution in [2.45, 2.75) is 70.8 Å². The quantitative estimate of drug-likeness (QED) is 0.731. The molecule has 0 heterocycles. The third-order valence-electron chi connectivity index (χ3n) is 7.98. The van der Waals surface area contributed by atoms with E-state index in [1.54, 1.807) is 7.11 Å². The van der Waals surface area contributed by atoms with Crippen molar-refractivity contribution in [2.24, 2.45) is 35.0 Å². The van der Waals surface area contributed by atoms with Gasteiger partial charge >= 0.3 is 0 Å². The van der Waals surface area contributed by atoms with E-state index in [0.717, 1.165) is 36.5 Å². The van der Waals surface area contributed by atoms with Gasteiger partial charge < -0.3 is 9.47 Å². The lowest BCUT2D eigenvalue weighted by atomic mass is 9.51. The fourth-order valence-electron chi connectivity index (χ4n) is 6.74. The number of carbonyl (C=O) groups is 1. The average Bonchev–Trinajstić information content (AvgIpc) is 2.85. The van der Waals surface area contributed by atoms with Gasteiger partial charge in [0.1, 0.15) is 12.6 Å². The molecule has 2 unspecified atom stereocenters. The van der Waals surface area contributed by atoms with E-state index in [2.05, 4.69) is 6.92 Å². The summed E-state index contributed by atoms with van der Waals surface area (Å²) in [4.78, 5) is 12.4. The first-order valence-corrected chi connectivity index (χ1v) is 9.75. The standard InChI is InChI=1S/C20H32O3/c1-20-11-14-4-3-13-9-16(23-12-22-2)6-7-17(13)18(14)10-15(20)5-8-19(20)21/h13-18H,3-12H2,1-2H3/t13-,14?,15+,16+,17?,18-,20+/m0/s1. The van der Waals surface area contributed by atoms with Crippen molar-refractivity contribution >= 4 is 5.78 Å². The molecule has 23 heavy (non-hydrogen) atoms. The van der Waals surface area contributed by atoms with Crippen molar-refractivity contribution in [3.05, 3.63) is 0 Å². The Balaban J connectivity index is 1.44. The van der Waals surface area contributed by atoms with E-state index in [1.165, 1.54) is 44.9 Å². The summed E-state index contributed by atoms with van der Waals surface area (Å²) in [5.74, 6) is 4.71. The van der Waals surface area contributed by atoms with Crippen molar-refractivity contribution < 1.29 is 14.3 Å². The van der Waals surface area contributed by atoms with Gasteiger partial charge in [0.25, 0.3) is 0 Å². The number of rotatable bonds is 3. The largest absolute Gasteiger partial charge is 0.359 e. The highest BCUT2D eigenvalue weighted by atomic mass is 16.7. The molecule has 4 rings (SSSR count). The molecule has 3 heteroatoms. The molecule has 0 bridgehead atoms. The Morgan fingerprint density at radius 2 is 1.87 bits per heavy atom. The van der Waals surface area contributed by atoms with Gasteiger partial charge in [0, 0.05) is 18.9 Å². The van der Waals surface area contributed by atoms with Crippen LogP contribution >= 0.6 is 0 Å². The summed E-state index contributed by atoms with van der Waals surface area (Å²) in [6, 6.07) is 0. The second-order valence-electron chi connectivity index (χ2n) is 8.95. The van der Waals surface area contributed by atoms with E-state index in [9.17, 15) is 4.79 Å². The molecule has 0 spiro atoms. The van der Waals surface area contributed by atoms with Crippen LogP contribution in [-0.4, -0.2) is 25.8 Å². The number of hydrogen-bond donors (Lipinski definition) is 0. The van der Waals surface area contributed by atoms with Gasteiger partial charge in [-0.3, -0.25) is 4.79 Å². The van der Waals surface area contributed by atoms with Crippen LogP contribution in [0.4, 0.5) is 0 Å². The number of Topliss-reactive ketones (excluding diaryl/α,β-unsaturated/α-hetero) is 1. The number of fused-ring (bicyclic) bond motifs is 4. The van der Waals surface area contributed by atoms with Gasteiger partial charge in [0.05, 0.1) is 6.10 Å². The minimum absolute atomic E-state index is 0.0345. The van der Waals surface area contributed by atoms with Crippen LogP contribution in [0.2, 0.25) is 0 Å². The minimum atomic E-state index is 0.0345. The topological polar surface area (TPSA) is 35.5 Å². The van der Waals surface area contributed by atoms with Crippen LogP contribution < -0.4 is 0 Å². The zero-order valence-corrected chi connectivity index (χ0v) is 14.8. The van der Waals surface area contributed by atoms with Gasteiger partial charge in [-0.15, -0.1) is 0 Å². The van der Waals surface area contributed by atoms with E-state index >= 15 is 0 Å². The fraction of sp³-hybridized carbons (Fsp3) is 0.950. The maximum Gasteiger partial charge on any atom is 0.146 e. The fourth-order valence-corrected chi connectivity index (χ4v) is 6.74. The summed E-state index contributed by atoms with van der Waals surface area (Å²) in [5, 5.41) is 0. The Hall–Kier alpha value is -0.410. The van der Waals surface area contributed by atoms with Crippen molar-refractivity contribution in [3.8, 4) is 0 Å². The van der Waals surface area contributed by atoms with Crippen LogP contribution in [-0.2, 0) is 14.3 Å². The molecular weight excluding hydrogens is 288 g/mol. The Morgan fingerprint density at radius 3 is 2.70 bits per heavy atom. The molecule has 4 aliphatic carbocycles. The van der Waals surface area contributed by atoms with Crippen molar-refractivity contribution in [1.29, 1.82) is 0 Å². The monoisotopic (exact) mass is 320 g/mol. The first-order chi connectivity index (χ1) is 11.1. The van der Waals surface area contributed by atoms with Crippen LogP contribution in [0.1, 0.15) is 64.7 Å². The molecule has 3 nitrogen and oxygen atoms in total. The Labute approximate surface area is 140 Å². The predicted octanol–water partition coefficient (Wildman–Crippen LogP) is 4.20. The van der Waals surface area contributed by atoms with Gasteiger partial charge in [0.2, 0.25) is 0 Å². The zero-order valence-electron chi connectivity index (χ0n) is 14.8. The number of ether oxygens (including phenoxy) is 2. The zero-order chi connectivity index (χ0) is 16.0. The summed E-state index contributed by atoms with van der Waals surface area (Å²) >= 11 is 0. The molecule has 130 valence electrons. The lowest BCUT2D eigenvalue weighted by molar-refractivity contribution is -0.135. The number of hydrogen-bond acceptors (Lipinski definition) is 3. The molecule has 4 fully saturated rings. The van der Waals surface area contributed by atoms with Crippen LogP contribution in [0.3, 0.4) is 0 Å². The Bertz CT molecular complexity index is 462. The average molecular weight is 320 g/mol. The first-order valence-electron chi connectivity index (χ1n) is 9.75. The Morgan fingerprint density at radius 1 is 1.04 bits per heavy atom. The van der Waals surface area contributed by atoms with Gasteiger partial charge in [-0.1, -0.05) is 6.92 Å². The highest BCUT2D eigenvalue weighted by Gasteiger charge is 2.55. The molecule has 0 saturated heterocycles. The maximum absolute atomic E-state index is 12.4. The molecule has 0 aromatic carbocycles. The van der Waals surface area contributed by atoms with Gasteiger partial charge in [-0.25, -0.2) is 0 Å². The Kier molecular flexibility index (Phi) is 4.30. The number of methoxy groups -OCH3 is 1. The molecule has 0 aromatic rings. The normalized spacial score (nSPS) is 49.4. The lowest BCUT2D eigenvalue weighted by Crippen LogP contribution is -2.48. The molecule has 4 aliphatic rings. The van der Waals surface area contributed by atoms with E-state index in [4.69, 9.17) is 9.47 Å². The predicted molar refractivity (Wildman–Crippen MR) is 88.9 cm³/mol. The third kappa shape index (κ3) is 2.68. The molecule has 0 amide bonds. The summed E-state index contributed by atoms with van der Waals surface area (Å²) in [5.41, 5.74) is 0.0345. The summed E-state index contributed by atoms with van der Waals surface area (Å²) in [7, 11) is 1.71. The van der Waals surface area contributed by atoms with Crippen molar-refractivity contribution in [2.75, 3.05) is 13.9 Å². The highest BCUT2D eigenvalue weighted by Crippen LogP contribution is 2.60. The van der Waals surface area contributed by atoms with E-state index in [-0.39, 0.29) is 5.41 Å². The van der Waals surface area contributed by atoms with Gasteiger partial charge in [0.15, 0.2) is 0 Å². The summed E-state index contributed by atoms with van der Waals surface area (Å²) in [6.45, 7) is 2.72. The number of carbonyl (C=O) groups excluding carboxylic acids is 1. The summed E-state index contributed by atoms with van der Waals surface area (Å²) in [6.07, 6.45) is 11.4. The first kappa shape index (κ1) is 16.1. The van der Waals surface area contributed by atoms with E-state index < -0.39 is 0 Å². The molecule has 0 aliphatic heterocycles. The van der Waals surface area contributed by atoms with E-state index in [1.807, 2.05) is 0 Å². The molecule has 7 atom stereocenters. The van der Waals surface area contributed by atoms with Crippen molar-refractivity contribution in [3.63, 3.8) is 0 Å². The second kappa shape index (κ2) is 6.15. The highest BCUT2D eigenvalue weighted by molar-refractivity contribution is 5.87. The minimum Gasteiger partial charge on any atom is -0.359 e. The van der Waals surface area contributed by atoms with Crippen LogP contribution in [0.5, 0.6) is 0 Å². The van der Waals surface area contributed by atoms with Crippen molar-refractivity contribution in [1.82, 2.24) is 0 Å². The maximum atomic E-state index is 12.4. The smallest absolute Gasteiger partial charge is 0.146 e. The molecule has 0 N–H and O–H groups in total. The SMILES string of the molecule is COCO[C@@H]1CCC2[C@@H](CCC3C[C@@]4(C)C(=O)CC[C@@H]4C[C@@H]32)C1. The molecule has 4 saturated carbocycles.